The largest absolute Gasteiger partial charge is 0.361 e. The Morgan fingerprint density at radius 2 is 1.79 bits per heavy atom. The van der Waals surface area contributed by atoms with Crippen molar-refractivity contribution in [3.05, 3.63) is 64.7 Å². The number of halogens is 1. The third-order valence-corrected chi connectivity index (χ3v) is 4.55. The number of thiocarbonyl (C=S) groups is 1. The first-order valence-electron chi connectivity index (χ1n) is 8.06. The van der Waals surface area contributed by atoms with Gasteiger partial charge in [-0.1, -0.05) is 48.9 Å². The number of rotatable bonds is 6. The molecule has 0 amide bonds. The zero-order chi connectivity index (χ0) is 17.5. The highest BCUT2D eigenvalue weighted by atomic mass is 35.5. The Labute approximate surface area is 155 Å². The van der Waals surface area contributed by atoms with Gasteiger partial charge < -0.3 is 15.5 Å². The van der Waals surface area contributed by atoms with Crippen LogP contribution in [0.4, 0.5) is 5.69 Å². The highest BCUT2D eigenvalue weighted by molar-refractivity contribution is 7.80. The minimum atomic E-state index is 0.140. The summed E-state index contributed by atoms with van der Waals surface area (Å²) in [5.41, 5.74) is 3.39. The van der Waals surface area contributed by atoms with Crippen molar-refractivity contribution in [3.8, 4) is 0 Å². The first-order chi connectivity index (χ1) is 11.5. The van der Waals surface area contributed by atoms with Crippen molar-refractivity contribution in [1.82, 2.24) is 10.2 Å². The monoisotopic (exact) mass is 361 g/mol. The zero-order valence-corrected chi connectivity index (χ0v) is 15.9. The van der Waals surface area contributed by atoms with Gasteiger partial charge in [0, 0.05) is 17.3 Å². The molecule has 2 aromatic carbocycles. The van der Waals surface area contributed by atoms with Gasteiger partial charge in [-0.25, -0.2) is 0 Å². The van der Waals surface area contributed by atoms with Crippen LogP contribution in [0.1, 0.15) is 24.1 Å². The number of hydrogen-bond acceptors (Lipinski definition) is 2. The Morgan fingerprint density at radius 3 is 2.38 bits per heavy atom. The quantitative estimate of drug-likeness (QED) is 0.741. The van der Waals surface area contributed by atoms with Crippen LogP contribution in [0.5, 0.6) is 0 Å². The van der Waals surface area contributed by atoms with Gasteiger partial charge in [0.05, 0.1) is 6.04 Å². The topological polar surface area (TPSA) is 27.3 Å². The smallest absolute Gasteiger partial charge is 0.170 e. The Bertz CT molecular complexity index is 671. The second-order valence-electron chi connectivity index (χ2n) is 5.89. The van der Waals surface area contributed by atoms with Gasteiger partial charge in [0.15, 0.2) is 5.11 Å². The zero-order valence-electron chi connectivity index (χ0n) is 14.3. The molecule has 0 unspecified atom stereocenters. The van der Waals surface area contributed by atoms with E-state index in [-0.39, 0.29) is 6.04 Å². The number of benzene rings is 2. The molecule has 1 atom stereocenters. The highest BCUT2D eigenvalue weighted by Gasteiger charge is 2.17. The Morgan fingerprint density at radius 1 is 1.12 bits per heavy atom. The van der Waals surface area contributed by atoms with Gasteiger partial charge in [-0.15, -0.1) is 0 Å². The summed E-state index contributed by atoms with van der Waals surface area (Å²) in [7, 11) is 4.07. The normalized spacial score (nSPS) is 12.0. The van der Waals surface area contributed by atoms with E-state index in [2.05, 4.69) is 40.7 Å². The lowest BCUT2D eigenvalue weighted by Gasteiger charge is -2.26. The molecular formula is C19H24ClN3S. The molecule has 0 heterocycles. The molecule has 3 nitrogen and oxygen atoms in total. The number of hydrogen-bond donors (Lipinski definition) is 2. The van der Waals surface area contributed by atoms with Crippen LogP contribution in [0, 0.1) is 0 Å². The van der Waals surface area contributed by atoms with Gasteiger partial charge in [-0.3, -0.25) is 0 Å². The van der Waals surface area contributed by atoms with Crippen LogP contribution >= 0.6 is 23.8 Å². The summed E-state index contributed by atoms with van der Waals surface area (Å²) < 4.78 is 0. The molecule has 0 aliphatic rings. The molecule has 24 heavy (non-hydrogen) atoms. The van der Waals surface area contributed by atoms with Crippen molar-refractivity contribution in [2.24, 2.45) is 0 Å². The van der Waals surface area contributed by atoms with Crippen molar-refractivity contribution in [2.75, 3.05) is 26.0 Å². The fraction of sp³-hybridized carbons (Fsp3) is 0.316. The number of nitrogens with zero attached hydrogens (tertiary/aromatic N) is 1. The third kappa shape index (κ3) is 5.20. The SMILES string of the molecule is CCc1ccc(NC(=S)NC[C@H](c2ccccc2Cl)N(C)C)cc1. The average molecular weight is 362 g/mol. The van der Waals surface area contributed by atoms with Gasteiger partial charge >= 0.3 is 0 Å². The second kappa shape index (κ2) is 9.02. The van der Waals surface area contributed by atoms with Crippen molar-refractivity contribution in [2.45, 2.75) is 19.4 Å². The molecule has 0 bridgehead atoms. The maximum atomic E-state index is 6.33. The standard InChI is InChI=1S/C19H24ClN3S/c1-4-14-9-11-15(12-10-14)22-19(24)21-13-18(23(2)3)16-7-5-6-8-17(16)20/h5-12,18H,4,13H2,1-3H3,(H2,21,22,24)/t18-/m1/s1. The molecule has 0 aliphatic carbocycles. The molecule has 2 N–H and O–H groups in total. The molecule has 0 saturated carbocycles. The first kappa shape index (κ1) is 18.7. The van der Waals surface area contributed by atoms with Crippen LogP contribution in [0.2, 0.25) is 5.02 Å². The lowest BCUT2D eigenvalue weighted by Crippen LogP contribution is -2.36. The minimum absolute atomic E-state index is 0.140. The molecule has 0 fully saturated rings. The lowest BCUT2D eigenvalue weighted by molar-refractivity contribution is 0.299. The van der Waals surface area contributed by atoms with E-state index in [4.69, 9.17) is 23.8 Å². The predicted molar refractivity (Wildman–Crippen MR) is 108 cm³/mol. The molecule has 128 valence electrons. The summed E-state index contributed by atoms with van der Waals surface area (Å²) in [5, 5.41) is 7.89. The predicted octanol–water partition coefficient (Wildman–Crippen LogP) is 4.49. The number of nitrogens with one attached hydrogen (secondary N) is 2. The van der Waals surface area contributed by atoms with Gasteiger partial charge in [0.1, 0.15) is 0 Å². The van der Waals surface area contributed by atoms with E-state index >= 15 is 0 Å². The summed E-state index contributed by atoms with van der Waals surface area (Å²) in [6.45, 7) is 2.82. The molecule has 0 saturated heterocycles. The number of aryl methyl sites for hydroxylation is 1. The Hall–Kier alpha value is -1.62. The summed E-state index contributed by atoms with van der Waals surface area (Å²) in [6, 6.07) is 16.4. The van der Waals surface area contributed by atoms with E-state index in [1.165, 1.54) is 5.56 Å². The molecule has 2 aromatic rings. The maximum Gasteiger partial charge on any atom is 0.170 e. The summed E-state index contributed by atoms with van der Waals surface area (Å²) in [6.07, 6.45) is 1.03. The van der Waals surface area contributed by atoms with Gasteiger partial charge in [-0.05, 0) is 62.1 Å². The van der Waals surface area contributed by atoms with Crippen molar-refractivity contribution in [3.63, 3.8) is 0 Å². The molecule has 0 spiro atoms. The Kier molecular flexibility index (Phi) is 7.03. The fourth-order valence-electron chi connectivity index (χ4n) is 2.50. The van der Waals surface area contributed by atoms with E-state index < -0.39 is 0 Å². The van der Waals surface area contributed by atoms with E-state index in [1.54, 1.807) is 0 Å². The molecular weight excluding hydrogens is 338 g/mol. The van der Waals surface area contributed by atoms with E-state index in [0.29, 0.717) is 11.7 Å². The van der Waals surface area contributed by atoms with Crippen LogP contribution in [-0.2, 0) is 6.42 Å². The van der Waals surface area contributed by atoms with Gasteiger partial charge in [0.25, 0.3) is 0 Å². The summed E-state index contributed by atoms with van der Waals surface area (Å²) in [4.78, 5) is 2.13. The lowest BCUT2D eigenvalue weighted by atomic mass is 10.1. The van der Waals surface area contributed by atoms with E-state index in [9.17, 15) is 0 Å². The van der Waals surface area contributed by atoms with E-state index in [1.807, 2.05) is 44.4 Å². The maximum absolute atomic E-state index is 6.33. The van der Waals surface area contributed by atoms with Gasteiger partial charge in [-0.2, -0.15) is 0 Å². The van der Waals surface area contributed by atoms with Gasteiger partial charge in [0.2, 0.25) is 0 Å². The average Bonchev–Trinajstić information content (AvgIpc) is 2.57. The van der Waals surface area contributed by atoms with Crippen molar-refractivity contribution < 1.29 is 0 Å². The molecule has 2 rings (SSSR count). The van der Waals surface area contributed by atoms with Crippen LogP contribution in [-0.4, -0.2) is 30.7 Å². The first-order valence-corrected chi connectivity index (χ1v) is 8.84. The minimum Gasteiger partial charge on any atom is -0.361 e. The van der Waals surface area contributed by atoms with Crippen molar-refractivity contribution >= 4 is 34.6 Å². The van der Waals surface area contributed by atoms with E-state index in [0.717, 1.165) is 22.7 Å². The highest BCUT2D eigenvalue weighted by Crippen LogP contribution is 2.25. The molecule has 0 radical (unpaired) electrons. The number of likely N-dealkylation sites (N-methyl/N-ethyl adjacent to an activating group) is 1. The molecule has 0 aliphatic heterocycles. The summed E-state index contributed by atoms with van der Waals surface area (Å²) >= 11 is 11.7. The number of anilines is 1. The summed E-state index contributed by atoms with van der Waals surface area (Å²) in [5.74, 6) is 0. The fourth-order valence-corrected chi connectivity index (χ4v) is 2.97. The Balaban J connectivity index is 1.96. The van der Waals surface area contributed by atoms with Crippen LogP contribution in [0.15, 0.2) is 48.5 Å². The van der Waals surface area contributed by atoms with Crippen molar-refractivity contribution in [1.29, 1.82) is 0 Å². The van der Waals surface area contributed by atoms with Crippen LogP contribution in [0.3, 0.4) is 0 Å². The molecule has 0 aromatic heterocycles. The molecule has 5 heteroatoms. The third-order valence-electron chi connectivity index (χ3n) is 3.96. The second-order valence-corrected chi connectivity index (χ2v) is 6.70. The van der Waals surface area contributed by atoms with Crippen LogP contribution in [0.25, 0.3) is 0 Å². The van der Waals surface area contributed by atoms with Crippen LogP contribution < -0.4 is 10.6 Å².